The van der Waals surface area contributed by atoms with Gasteiger partial charge in [-0.05, 0) is 73.0 Å². The van der Waals surface area contributed by atoms with Crippen LogP contribution in [0.2, 0.25) is 0 Å². The first kappa shape index (κ1) is 18.6. The molecular formula is C24H19FN2O2. The normalized spacial score (nSPS) is 10.9. The van der Waals surface area contributed by atoms with Crippen LogP contribution in [-0.4, -0.2) is 16.1 Å². The zero-order chi connectivity index (χ0) is 20.5. The van der Waals surface area contributed by atoms with E-state index in [0.717, 1.165) is 16.6 Å². The van der Waals surface area contributed by atoms with Crippen molar-refractivity contribution in [2.75, 3.05) is 5.32 Å². The van der Waals surface area contributed by atoms with Crippen molar-refractivity contribution in [3.8, 4) is 11.1 Å². The molecule has 0 aliphatic heterocycles. The molecule has 0 bridgehead atoms. The van der Waals surface area contributed by atoms with E-state index in [-0.39, 0.29) is 11.5 Å². The first-order valence-electron chi connectivity index (χ1n) is 9.22. The van der Waals surface area contributed by atoms with Gasteiger partial charge in [-0.1, -0.05) is 24.3 Å². The van der Waals surface area contributed by atoms with Crippen molar-refractivity contribution in [2.24, 2.45) is 0 Å². The SMILES string of the molecule is Cc1cc(C)cc(NC(=O)C(=O)c2c(-c3ccc(F)cc3)cc3ccccn23)c1. The quantitative estimate of drug-likeness (QED) is 0.388. The monoisotopic (exact) mass is 386 g/mol. The molecule has 144 valence electrons. The number of aryl methyl sites for hydroxylation is 2. The summed E-state index contributed by atoms with van der Waals surface area (Å²) < 4.78 is 15.0. The highest BCUT2D eigenvalue weighted by atomic mass is 19.1. The maximum Gasteiger partial charge on any atom is 0.298 e. The number of pyridine rings is 1. The number of hydrogen-bond donors (Lipinski definition) is 1. The van der Waals surface area contributed by atoms with Gasteiger partial charge in [0, 0.05) is 23.0 Å². The molecule has 0 spiro atoms. The number of nitrogens with one attached hydrogen (secondary N) is 1. The Kier molecular flexibility index (Phi) is 4.72. The van der Waals surface area contributed by atoms with E-state index in [4.69, 9.17) is 0 Å². The van der Waals surface area contributed by atoms with Crippen LogP contribution in [0, 0.1) is 19.7 Å². The van der Waals surface area contributed by atoms with Crippen molar-refractivity contribution in [1.82, 2.24) is 4.40 Å². The Morgan fingerprint density at radius 1 is 0.897 bits per heavy atom. The number of anilines is 1. The van der Waals surface area contributed by atoms with Crippen molar-refractivity contribution in [2.45, 2.75) is 13.8 Å². The predicted octanol–water partition coefficient (Wildman–Crippen LogP) is 5.18. The Labute approximate surface area is 167 Å². The standard InChI is InChI=1S/C24H19FN2O2/c1-15-11-16(2)13-19(12-15)26-24(29)23(28)22-21(17-6-8-18(25)9-7-17)14-20-5-3-4-10-27(20)22/h3-14H,1-2H3,(H,26,29). The highest BCUT2D eigenvalue weighted by Gasteiger charge is 2.25. The molecule has 2 aromatic heterocycles. The van der Waals surface area contributed by atoms with Crippen LogP contribution in [-0.2, 0) is 4.79 Å². The lowest BCUT2D eigenvalue weighted by Crippen LogP contribution is -2.24. The summed E-state index contributed by atoms with van der Waals surface area (Å²) >= 11 is 0. The van der Waals surface area contributed by atoms with Crippen LogP contribution in [0.15, 0.2) is 72.9 Å². The average Bonchev–Trinajstić information content (AvgIpc) is 3.06. The van der Waals surface area contributed by atoms with Crippen LogP contribution in [0.25, 0.3) is 16.6 Å². The Morgan fingerprint density at radius 3 is 2.28 bits per heavy atom. The summed E-state index contributed by atoms with van der Waals surface area (Å²) in [6, 6.07) is 18.8. The molecule has 29 heavy (non-hydrogen) atoms. The lowest BCUT2D eigenvalue weighted by Gasteiger charge is -2.09. The number of ketones is 1. The Balaban J connectivity index is 1.77. The van der Waals surface area contributed by atoms with E-state index in [2.05, 4.69) is 5.32 Å². The zero-order valence-corrected chi connectivity index (χ0v) is 16.1. The molecule has 0 unspecified atom stereocenters. The maximum atomic E-state index is 13.4. The number of carbonyl (C=O) groups is 2. The summed E-state index contributed by atoms with van der Waals surface area (Å²) in [4.78, 5) is 25.9. The molecule has 0 saturated carbocycles. The topological polar surface area (TPSA) is 50.6 Å². The second-order valence-corrected chi connectivity index (χ2v) is 7.07. The molecular weight excluding hydrogens is 367 g/mol. The molecule has 0 radical (unpaired) electrons. The second-order valence-electron chi connectivity index (χ2n) is 7.07. The number of rotatable bonds is 4. The van der Waals surface area contributed by atoms with Gasteiger partial charge in [0.05, 0.1) is 0 Å². The smallest absolute Gasteiger partial charge is 0.298 e. The third-order valence-electron chi connectivity index (χ3n) is 4.74. The summed E-state index contributed by atoms with van der Waals surface area (Å²) in [5, 5.41) is 2.70. The van der Waals surface area contributed by atoms with Crippen molar-refractivity contribution in [3.63, 3.8) is 0 Å². The fraction of sp³-hybridized carbons (Fsp3) is 0.0833. The number of Topliss-reactive ketones (excluding diaryl/α,β-unsaturated/α-hetero) is 1. The Hall–Kier alpha value is -3.73. The van der Waals surface area contributed by atoms with Crippen molar-refractivity contribution in [1.29, 1.82) is 0 Å². The molecule has 1 N–H and O–H groups in total. The number of nitrogens with zero attached hydrogens (tertiary/aromatic N) is 1. The van der Waals surface area contributed by atoms with E-state index in [1.54, 1.807) is 28.8 Å². The van der Waals surface area contributed by atoms with Gasteiger partial charge in [0.2, 0.25) is 0 Å². The second kappa shape index (κ2) is 7.36. The first-order valence-corrected chi connectivity index (χ1v) is 9.22. The summed E-state index contributed by atoms with van der Waals surface area (Å²) in [5.74, 6) is -1.74. The molecule has 4 rings (SSSR count). The minimum atomic E-state index is -0.720. The number of aromatic nitrogens is 1. The van der Waals surface area contributed by atoms with E-state index in [9.17, 15) is 14.0 Å². The number of halogens is 1. The summed E-state index contributed by atoms with van der Waals surface area (Å²) in [7, 11) is 0. The number of carbonyl (C=O) groups excluding carboxylic acids is 2. The van der Waals surface area contributed by atoms with Gasteiger partial charge in [-0.2, -0.15) is 0 Å². The first-order chi connectivity index (χ1) is 13.9. The van der Waals surface area contributed by atoms with Crippen molar-refractivity contribution < 1.29 is 14.0 Å². The van der Waals surface area contributed by atoms with Crippen LogP contribution in [0.3, 0.4) is 0 Å². The number of benzene rings is 2. The molecule has 0 saturated heterocycles. The fourth-order valence-corrected chi connectivity index (χ4v) is 3.55. The largest absolute Gasteiger partial charge is 0.319 e. The molecule has 5 heteroatoms. The molecule has 4 nitrogen and oxygen atoms in total. The van der Waals surface area contributed by atoms with Gasteiger partial charge in [0.1, 0.15) is 11.5 Å². The highest BCUT2D eigenvalue weighted by molar-refractivity contribution is 6.47. The minimum Gasteiger partial charge on any atom is -0.319 e. The van der Waals surface area contributed by atoms with Gasteiger partial charge in [-0.15, -0.1) is 0 Å². The van der Waals surface area contributed by atoms with Crippen molar-refractivity contribution >= 4 is 22.9 Å². The Morgan fingerprint density at radius 2 is 1.59 bits per heavy atom. The molecule has 1 amide bonds. The van der Waals surface area contributed by atoms with E-state index in [0.29, 0.717) is 16.8 Å². The van der Waals surface area contributed by atoms with E-state index >= 15 is 0 Å². The van der Waals surface area contributed by atoms with Crippen LogP contribution in [0.5, 0.6) is 0 Å². The minimum absolute atomic E-state index is 0.245. The molecule has 4 aromatic rings. The predicted molar refractivity (Wildman–Crippen MR) is 112 cm³/mol. The van der Waals surface area contributed by atoms with Crippen LogP contribution < -0.4 is 5.32 Å². The third kappa shape index (κ3) is 3.67. The molecule has 0 aliphatic rings. The van der Waals surface area contributed by atoms with E-state index in [1.165, 1.54) is 12.1 Å². The van der Waals surface area contributed by atoms with Gasteiger partial charge in [-0.3, -0.25) is 9.59 Å². The highest BCUT2D eigenvalue weighted by Crippen LogP contribution is 2.29. The Bertz CT molecular complexity index is 1220. The van der Waals surface area contributed by atoms with Gasteiger partial charge in [0.25, 0.3) is 11.7 Å². The zero-order valence-electron chi connectivity index (χ0n) is 16.1. The van der Waals surface area contributed by atoms with Crippen LogP contribution >= 0.6 is 0 Å². The maximum absolute atomic E-state index is 13.4. The van der Waals surface area contributed by atoms with Crippen molar-refractivity contribution in [3.05, 3.63) is 95.6 Å². The van der Waals surface area contributed by atoms with E-state index < -0.39 is 11.7 Å². The van der Waals surface area contributed by atoms with Gasteiger partial charge < -0.3 is 9.72 Å². The molecule has 0 fully saturated rings. The van der Waals surface area contributed by atoms with Gasteiger partial charge >= 0.3 is 0 Å². The molecule has 2 aromatic carbocycles. The van der Waals surface area contributed by atoms with Crippen LogP contribution in [0.1, 0.15) is 21.6 Å². The molecule has 0 atom stereocenters. The molecule has 0 aliphatic carbocycles. The van der Waals surface area contributed by atoms with Gasteiger partial charge in [0.15, 0.2) is 0 Å². The fourth-order valence-electron chi connectivity index (χ4n) is 3.55. The van der Waals surface area contributed by atoms with Crippen LogP contribution in [0.4, 0.5) is 10.1 Å². The van der Waals surface area contributed by atoms with Gasteiger partial charge in [-0.25, -0.2) is 4.39 Å². The molecule has 2 heterocycles. The number of fused-ring (bicyclic) bond motifs is 1. The lowest BCUT2D eigenvalue weighted by molar-refractivity contribution is -0.112. The average molecular weight is 386 g/mol. The van der Waals surface area contributed by atoms with E-state index in [1.807, 2.05) is 50.2 Å². The summed E-state index contributed by atoms with van der Waals surface area (Å²) in [6.07, 6.45) is 1.74. The summed E-state index contributed by atoms with van der Waals surface area (Å²) in [6.45, 7) is 3.86. The number of hydrogen-bond acceptors (Lipinski definition) is 2. The third-order valence-corrected chi connectivity index (χ3v) is 4.74. The number of amides is 1. The summed E-state index contributed by atoms with van der Waals surface area (Å²) in [5.41, 5.74) is 4.82. The lowest BCUT2D eigenvalue weighted by atomic mass is 10.0.